The van der Waals surface area contributed by atoms with Crippen molar-refractivity contribution < 1.29 is 122 Å². The van der Waals surface area contributed by atoms with Crippen LogP contribution < -0.4 is 56.6 Å². The van der Waals surface area contributed by atoms with Gasteiger partial charge in [-0.05, 0) is 164 Å². The molecule has 133 heavy (non-hydrogen) atoms. The van der Waals surface area contributed by atoms with Crippen molar-refractivity contribution in [3.05, 3.63) is 276 Å². The zero-order chi connectivity index (χ0) is 95.2. The fourth-order valence-electron chi connectivity index (χ4n) is 12.9. The molecule has 0 fully saturated rings. The molecule has 12 heterocycles. The van der Waals surface area contributed by atoms with E-state index in [-0.39, 0.29) is 133 Å². The van der Waals surface area contributed by atoms with E-state index in [2.05, 4.69) is 90.7 Å². The molecule has 692 valence electrons. The van der Waals surface area contributed by atoms with Gasteiger partial charge >= 0.3 is 51.2 Å². The van der Waals surface area contributed by atoms with Crippen LogP contribution >= 0.6 is 0 Å². The third kappa shape index (κ3) is 24.3. The fraction of sp³-hybridized carbons (Fsp3) is 0.153. The van der Waals surface area contributed by atoms with Crippen molar-refractivity contribution in [2.45, 2.75) is 51.2 Å². The molecule has 0 aliphatic rings. The minimum atomic E-state index is -4.85. The number of halogens is 20. The lowest BCUT2D eigenvalue weighted by Crippen LogP contribution is -2.10. The number of hydrogen-bond acceptors (Lipinski definition) is 23. The van der Waals surface area contributed by atoms with Gasteiger partial charge in [0, 0.05) is 109 Å². The molecule has 28 nitrogen and oxygen atoms in total. The molecule has 0 unspecified atom stereocenters. The van der Waals surface area contributed by atoms with Crippen molar-refractivity contribution in [1.82, 2.24) is 57.5 Å². The second kappa shape index (κ2) is 40.7. The molecule has 9 N–H and O–H groups in total. The molecular formula is C85H64F20N20O8. The van der Waals surface area contributed by atoms with Crippen LogP contribution in [0.25, 0.3) is 68.1 Å². The highest BCUT2D eigenvalue weighted by Crippen LogP contribution is 2.44. The van der Waals surface area contributed by atoms with Crippen molar-refractivity contribution >= 4 is 91.4 Å². The van der Waals surface area contributed by atoms with E-state index in [1.54, 1.807) is 48.5 Å². The zero-order valence-electron chi connectivity index (χ0n) is 67.5. The summed E-state index contributed by atoms with van der Waals surface area (Å²) in [6.07, 6.45) is -13.3. The van der Waals surface area contributed by atoms with Gasteiger partial charge in [0.2, 0.25) is 0 Å². The van der Waals surface area contributed by atoms with Gasteiger partial charge in [0.1, 0.15) is 91.6 Å². The van der Waals surface area contributed by atoms with Crippen LogP contribution in [0.1, 0.15) is 22.8 Å². The van der Waals surface area contributed by atoms with Crippen molar-refractivity contribution in [3.8, 4) is 68.5 Å². The van der Waals surface area contributed by atoms with E-state index in [1.807, 2.05) is 0 Å². The molecule has 16 aromatic rings. The molecule has 0 amide bonds. The molecular weight excluding hydrogens is 1810 g/mol. The molecule has 0 saturated carbocycles. The first-order valence-electron chi connectivity index (χ1n) is 38.3. The number of nitrogen functional groups attached to an aromatic ring is 1. The number of ether oxygens (including phenoxy) is 5. The molecule has 0 bridgehead atoms. The summed E-state index contributed by atoms with van der Waals surface area (Å²) < 4.78 is 291. The molecule has 0 spiro atoms. The van der Waals surface area contributed by atoms with Crippen molar-refractivity contribution in [2.75, 3.05) is 71.0 Å². The number of rotatable bonds is 28. The number of anilines is 11. The van der Waals surface area contributed by atoms with Crippen LogP contribution in [-0.2, 0) is 29.4 Å². The van der Waals surface area contributed by atoms with Crippen molar-refractivity contribution in [1.29, 1.82) is 0 Å². The van der Waals surface area contributed by atoms with Gasteiger partial charge in [-0.2, -0.15) is 87.8 Å². The van der Waals surface area contributed by atoms with Gasteiger partial charge in [-0.3, -0.25) is 27.7 Å². The fourth-order valence-corrected chi connectivity index (χ4v) is 12.9. The molecule has 0 radical (unpaired) electrons. The highest BCUT2D eigenvalue weighted by molar-refractivity contribution is 5.77. The van der Waals surface area contributed by atoms with Gasteiger partial charge < -0.3 is 66.4 Å². The van der Waals surface area contributed by atoms with E-state index in [0.29, 0.717) is 41.6 Å². The molecule has 0 aliphatic carbocycles. The van der Waals surface area contributed by atoms with E-state index in [9.17, 15) is 97.9 Å². The third-order valence-corrected chi connectivity index (χ3v) is 18.2. The number of nitrogens with two attached hydrogens (primary N) is 1. The average Bonchev–Trinajstić information content (AvgIpc) is 1.60. The SMILES string of the molecule is COCCNc1cc(Nc2ccc(OC(F)F)cc2)nc(-c2c(C(F)(F)F)nc3ccccn23)c1.Nc1cc(Nc2ccc(OC(F)F)cc2)nc(-c2c(C(F)(F)F)nc3ccccn23)c1.O=[N+]([O-])c1cc(Nc2ccc(OC(F)F)cc2)nc(-c2c(C(F)(F)F)nc3ccccn23)c1.OCCNc1cc(Nc2ccc(OC(F)F)cc2)nc(-c2c(C(F)(F)F)nc3ccccn23)c1. The summed E-state index contributed by atoms with van der Waals surface area (Å²) in [4.78, 5) is 42.6. The van der Waals surface area contributed by atoms with E-state index in [4.69, 9.17) is 15.6 Å². The van der Waals surface area contributed by atoms with Crippen LogP contribution in [0.2, 0.25) is 0 Å². The first kappa shape index (κ1) is 94.6. The lowest BCUT2D eigenvalue weighted by atomic mass is 10.2. The Morgan fingerprint density at radius 3 is 0.902 bits per heavy atom. The number of alkyl halides is 20. The number of nitrogens with zero attached hydrogens (tertiary/aromatic N) is 13. The number of pyridine rings is 8. The molecule has 48 heteroatoms. The van der Waals surface area contributed by atoms with Gasteiger partial charge in [-0.1, -0.05) is 24.3 Å². The van der Waals surface area contributed by atoms with E-state index in [0.717, 1.165) is 16.5 Å². The van der Waals surface area contributed by atoms with Crippen LogP contribution in [0.4, 0.5) is 157 Å². The predicted octanol–water partition coefficient (Wildman–Crippen LogP) is 22.0. The second-order valence-corrected chi connectivity index (χ2v) is 27.4. The first-order valence-corrected chi connectivity index (χ1v) is 38.3. The largest absolute Gasteiger partial charge is 0.435 e. The summed E-state index contributed by atoms with van der Waals surface area (Å²) in [5.74, 6) is 0.189. The lowest BCUT2D eigenvalue weighted by molar-refractivity contribution is -0.384. The zero-order valence-corrected chi connectivity index (χ0v) is 67.5. The Morgan fingerprint density at radius 2 is 0.632 bits per heavy atom. The highest BCUT2D eigenvalue weighted by atomic mass is 19.4. The maximum absolute atomic E-state index is 13.9. The van der Waals surface area contributed by atoms with Crippen LogP contribution in [0.5, 0.6) is 23.0 Å². The van der Waals surface area contributed by atoms with E-state index in [1.165, 1.54) is 203 Å². The van der Waals surface area contributed by atoms with Crippen LogP contribution in [0.3, 0.4) is 0 Å². The second-order valence-electron chi connectivity index (χ2n) is 27.4. The normalized spacial score (nSPS) is 11.7. The third-order valence-electron chi connectivity index (χ3n) is 18.2. The number of benzene rings is 4. The predicted molar refractivity (Wildman–Crippen MR) is 446 cm³/mol. The Hall–Kier alpha value is -16.0. The summed E-state index contributed by atoms with van der Waals surface area (Å²) in [7, 11) is 1.53. The average molecular weight is 1870 g/mol. The molecule has 16 rings (SSSR count). The first-order chi connectivity index (χ1) is 63.3. The topological polar surface area (TPSA) is 328 Å². The van der Waals surface area contributed by atoms with Crippen LogP contribution in [0.15, 0.2) is 243 Å². The number of aliphatic hydroxyl groups is 1. The summed E-state index contributed by atoms with van der Waals surface area (Å²) >= 11 is 0. The van der Waals surface area contributed by atoms with E-state index < -0.39 is 90.2 Å². The maximum Gasteiger partial charge on any atom is 0.435 e. The Kier molecular flexibility index (Phi) is 29.0. The van der Waals surface area contributed by atoms with Gasteiger partial charge in [-0.15, -0.1) is 0 Å². The molecule has 0 aliphatic heterocycles. The Morgan fingerprint density at radius 1 is 0.361 bits per heavy atom. The molecule has 4 aromatic carbocycles. The van der Waals surface area contributed by atoms with Gasteiger partial charge in [0.25, 0.3) is 5.69 Å². The highest BCUT2D eigenvalue weighted by Gasteiger charge is 2.43. The minimum absolute atomic E-state index is 0.0164. The number of imidazole rings is 4. The number of hydrogen-bond donors (Lipinski definition) is 8. The smallest absolute Gasteiger partial charge is 0.435 e. The van der Waals surface area contributed by atoms with Gasteiger partial charge in [-0.25, -0.2) is 39.9 Å². The monoisotopic (exact) mass is 1870 g/mol. The summed E-state index contributed by atoms with van der Waals surface area (Å²) in [5.41, 5.74) is 2.36. The number of aliphatic hydroxyl groups excluding tert-OH is 1. The number of nitrogens with one attached hydrogen (secondary N) is 6. The maximum atomic E-state index is 13.9. The van der Waals surface area contributed by atoms with Gasteiger partial charge in [0.05, 0.1) is 47.0 Å². The number of methoxy groups -OCH3 is 1. The number of nitro groups is 1. The summed E-state index contributed by atoms with van der Waals surface area (Å²) in [6, 6.07) is 50.8. The standard InChI is InChI=1S/C23H20F5N5O2.C22H18F5N5O2.C20H12F5N5O3.C20H14F5N5O/c1-34-11-9-29-15-12-17(20-21(23(26,27)28)32-19-4-2-3-10-33(19)20)31-18(13-15)30-14-5-7-16(8-6-14)35-22(24)25;23-21(24)34-15-6-4-13(5-7-15)29-17-12-14(28-8-10-33)11-16(30-17)19-20(22(25,26)27)31-18-3-1-2-9-32(18)19;21-19(22)33-13-6-4-11(5-7-13)26-15-10-12(30(31)32)9-14(27-15)17-18(20(23,24)25)28-16-3-1-2-8-29(16)17;21-19(22)31-13-6-4-12(5-7-13)27-15-10-11(26)9-14(28-15)17-18(20(23,24)25)29-16-3-1-2-8-30(16)17/h2-8,10,12-13,22H,9,11H2,1H3,(H2,29,30,31);1-7,9,11-12,21,33H,8,10H2,(H2,28,29,30);1-10,19H,(H,26,27);1-10,19H,(H3,26,27,28). The summed E-state index contributed by atoms with van der Waals surface area (Å²) in [6.45, 7) is -11.2. The van der Waals surface area contributed by atoms with Crippen LogP contribution in [-0.4, -0.2) is 127 Å². The minimum Gasteiger partial charge on any atom is -0.435 e. The van der Waals surface area contributed by atoms with Gasteiger partial charge in [0.15, 0.2) is 22.8 Å². The molecule has 0 atom stereocenters. The lowest BCUT2D eigenvalue weighted by Gasteiger charge is -2.14. The number of fused-ring (bicyclic) bond motifs is 4. The summed E-state index contributed by atoms with van der Waals surface area (Å²) in [5, 5.41) is 38.1. The molecule has 0 saturated heterocycles. The molecule has 12 aromatic heterocycles. The number of aromatic nitrogens is 12. The quantitative estimate of drug-likeness (QED) is 0.00977. The van der Waals surface area contributed by atoms with E-state index >= 15 is 0 Å². The van der Waals surface area contributed by atoms with Crippen molar-refractivity contribution in [2.24, 2.45) is 0 Å². The Balaban J connectivity index is 0.000000151. The van der Waals surface area contributed by atoms with Crippen LogP contribution in [0, 0.1) is 10.1 Å². The Bertz CT molecular complexity index is 6710. The Labute approximate surface area is 734 Å². The van der Waals surface area contributed by atoms with Crippen molar-refractivity contribution in [3.63, 3.8) is 0 Å².